The van der Waals surface area contributed by atoms with Gasteiger partial charge >= 0.3 is 0 Å². The molecule has 0 bridgehead atoms. The van der Waals surface area contributed by atoms with Crippen LogP contribution in [0.1, 0.15) is 12.5 Å². The molecule has 1 aromatic carbocycles. The van der Waals surface area contributed by atoms with Gasteiger partial charge in [0.05, 0.1) is 41.9 Å². The van der Waals surface area contributed by atoms with Crippen molar-refractivity contribution in [2.75, 3.05) is 37.2 Å². The number of nitrogens with zero attached hydrogens (tertiary/aromatic N) is 7. The van der Waals surface area contributed by atoms with Gasteiger partial charge in [0, 0.05) is 34.9 Å². The number of hydrogen-bond donors (Lipinski definition) is 0. The molecule has 0 N–H and O–H groups in total. The maximum atomic E-state index is 12.3. The molecule has 9 nitrogen and oxygen atoms in total. The van der Waals surface area contributed by atoms with Gasteiger partial charge in [0.1, 0.15) is 12.1 Å². The fraction of sp³-hybridized carbons (Fsp3) is 0.368. The first-order valence-electron chi connectivity index (χ1n) is 9.12. The first-order chi connectivity index (χ1) is 13.8. The molecule has 4 rings (SSSR count). The van der Waals surface area contributed by atoms with Crippen LogP contribution >= 0.6 is 0 Å². The second-order valence-corrected chi connectivity index (χ2v) is 9.75. The number of fused-ring (bicyclic) bond motifs is 1. The average molecular weight is 411 g/mol. The summed E-state index contributed by atoms with van der Waals surface area (Å²) >= 11 is 0. The van der Waals surface area contributed by atoms with Crippen LogP contribution in [0.2, 0.25) is 0 Å². The molecule has 0 aliphatic carbocycles. The summed E-state index contributed by atoms with van der Waals surface area (Å²) in [6.45, 7) is 3.96. The maximum Gasteiger partial charge on any atom is 0.239 e. The lowest BCUT2D eigenvalue weighted by atomic mass is 10.2. The van der Waals surface area contributed by atoms with E-state index in [2.05, 4.69) is 32.2 Å². The Morgan fingerprint density at radius 2 is 2.14 bits per heavy atom. The van der Waals surface area contributed by atoms with Crippen molar-refractivity contribution in [1.82, 2.24) is 19.5 Å². The van der Waals surface area contributed by atoms with Crippen molar-refractivity contribution in [2.24, 2.45) is 4.36 Å². The first-order valence-corrected chi connectivity index (χ1v) is 11.5. The number of rotatable bonds is 3. The molecule has 1 aliphatic heterocycles. The van der Waals surface area contributed by atoms with Crippen LogP contribution < -0.4 is 4.90 Å². The van der Waals surface area contributed by atoms with Crippen molar-refractivity contribution in [3.63, 3.8) is 0 Å². The van der Waals surface area contributed by atoms with Gasteiger partial charge < -0.3 is 9.64 Å². The number of morpholine rings is 1. The van der Waals surface area contributed by atoms with Gasteiger partial charge in [0.2, 0.25) is 5.95 Å². The van der Waals surface area contributed by atoms with E-state index in [0.717, 1.165) is 11.0 Å². The van der Waals surface area contributed by atoms with Gasteiger partial charge in [-0.2, -0.15) is 19.6 Å². The SMILES string of the molecule is CC1COCCN1c1cc(N=S(C)(C)=O)nc(-n2cnc3ccc(C#N)cc32)n1. The number of hydrogen-bond acceptors (Lipinski definition) is 8. The largest absolute Gasteiger partial charge is 0.377 e. The molecule has 10 heteroatoms. The summed E-state index contributed by atoms with van der Waals surface area (Å²) in [6, 6.07) is 9.27. The lowest BCUT2D eigenvalue weighted by Crippen LogP contribution is -2.44. The van der Waals surface area contributed by atoms with Crippen molar-refractivity contribution in [3.8, 4) is 12.0 Å². The van der Waals surface area contributed by atoms with Crippen LogP contribution in [0, 0.1) is 11.3 Å². The summed E-state index contributed by atoms with van der Waals surface area (Å²) in [5, 5.41) is 9.23. The van der Waals surface area contributed by atoms with E-state index in [1.807, 2.05) is 0 Å². The lowest BCUT2D eigenvalue weighted by molar-refractivity contribution is 0.0985. The molecule has 0 saturated carbocycles. The van der Waals surface area contributed by atoms with E-state index in [4.69, 9.17) is 9.72 Å². The monoisotopic (exact) mass is 411 g/mol. The molecule has 150 valence electrons. The zero-order valence-electron chi connectivity index (χ0n) is 16.4. The molecular formula is C19H21N7O2S. The number of anilines is 1. The average Bonchev–Trinajstić information content (AvgIpc) is 3.10. The Labute approximate surface area is 169 Å². The highest BCUT2D eigenvalue weighted by Gasteiger charge is 2.22. The minimum Gasteiger partial charge on any atom is -0.377 e. The van der Waals surface area contributed by atoms with E-state index >= 15 is 0 Å². The fourth-order valence-corrected chi connectivity index (χ4v) is 3.78. The van der Waals surface area contributed by atoms with Crippen LogP contribution in [0.15, 0.2) is 35.0 Å². The number of aromatic nitrogens is 4. The van der Waals surface area contributed by atoms with Crippen LogP contribution in [-0.4, -0.2) is 62.0 Å². The number of ether oxygens (including phenoxy) is 1. The Kier molecular flexibility index (Phi) is 4.94. The van der Waals surface area contributed by atoms with Crippen LogP contribution in [0.3, 0.4) is 0 Å². The zero-order chi connectivity index (χ0) is 20.6. The standard InChI is InChI=1S/C19H21N7O2S/c1-13-11-28-7-6-25(13)18-9-17(24-29(2,3)27)22-19(23-18)26-12-21-15-5-4-14(10-20)8-16(15)26/h4-5,8-9,12-13H,6-7,11H2,1-3H3. The van der Waals surface area contributed by atoms with E-state index in [-0.39, 0.29) is 6.04 Å². The van der Waals surface area contributed by atoms with Crippen molar-refractivity contribution >= 4 is 32.4 Å². The van der Waals surface area contributed by atoms with Crippen LogP contribution in [0.25, 0.3) is 17.0 Å². The Bertz CT molecular complexity index is 1230. The van der Waals surface area contributed by atoms with E-state index in [1.165, 1.54) is 0 Å². The summed E-state index contributed by atoms with van der Waals surface area (Å²) in [5.41, 5.74) is 1.97. The van der Waals surface area contributed by atoms with Gasteiger partial charge in [-0.05, 0) is 25.1 Å². The Hall–Kier alpha value is -3.03. The van der Waals surface area contributed by atoms with E-state index in [0.29, 0.717) is 42.9 Å². The molecular weight excluding hydrogens is 390 g/mol. The van der Waals surface area contributed by atoms with Gasteiger partial charge in [-0.25, -0.2) is 9.19 Å². The molecule has 1 aliphatic rings. The smallest absolute Gasteiger partial charge is 0.239 e. The molecule has 3 heterocycles. The quantitative estimate of drug-likeness (QED) is 0.650. The van der Waals surface area contributed by atoms with Crippen LogP contribution in [0.4, 0.5) is 11.6 Å². The zero-order valence-corrected chi connectivity index (χ0v) is 17.3. The summed E-state index contributed by atoms with van der Waals surface area (Å²) in [7, 11) is -2.40. The predicted molar refractivity (Wildman–Crippen MR) is 111 cm³/mol. The second-order valence-electron chi connectivity index (χ2n) is 7.20. The van der Waals surface area contributed by atoms with Gasteiger partial charge in [-0.1, -0.05) is 0 Å². The third-order valence-corrected chi connectivity index (χ3v) is 5.18. The highest BCUT2D eigenvalue weighted by atomic mass is 32.2. The molecule has 1 saturated heterocycles. The first kappa shape index (κ1) is 19.3. The topological polar surface area (TPSA) is 109 Å². The number of benzene rings is 1. The fourth-order valence-electron chi connectivity index (χ4n) is 3.24. The third kappa shape index (κ3) is 4.06. The Balaban J connectivity index is 1.91. The lowest BCUT2D eigenvalue weighted by Gasteiger charge is -2.34. The summed E-state index contributed by atoms with van der Waals surface area (Å²) < 4.78 is 23.8. The molecule has 0 radical (unpaired) electrons. The summed E-state index contributed by atoms with van der Waals surface area (Å²) in [4.78, 5) is 15.8. The van der Waals surface area contributed by atoms with E-state index < -0.39 is 9.73 Å². The highest BCUT2D eigenvalue weighted by molar-refractivity contribution is 7.92. The molecule has 0 spiro atoms. The molecule has 0 amide bonds. The number of imidazole rings is 1. The Morgan fingerprint density at radius 1 is 1.31 bits per heavy atom. The van der Waals surface area contributed by atoms with Crippen molar-refractivity contribution in [3.05, 3.63) is 36.2 Å². The van der Waals surface area contributed by atoms with Gasteiger partial charge in [-0.15, -0.1) is 0 Å². The molecule has 1 unspecified atom stereocenters. The summed E-state index contributed by atoms with van der Waals surface area (Å²) in [6.07, 6.45) is 4.75. The van der Waals surface area contributed by atoms with Crippen molar-refractivity contribution < 1.29 is 8.95 Å². The van der Waals surface area contributed by atoms with Crippen molar-refractivity contribution in [1.29, 1.82) is 5.26 Å². The van der Waals surface area contributed by atoms with Gasteiger partial charge in [0.25, 0.3) is 0 Å². The van der Waals surface area contributed by atoms with Gasteiger partial charge in [0.15, 0.2) is 5.82 Å². The Morgan fingerprint density at radius 3 is 2.86 bits per heavy atom. The molecule has 3 aromatic rings. The maximum absolute atomic E-state index is 12.3. The molecule has 2 aromatic heterocycles. The molecule has 1 fully saturated rings. The minimum atomic E-state index is -2.40. The number of nitriles is 1. The molecule has 29 heavy (non-hydrogen) atoms. The van der Waals surface area contributed by atoms with Crippen LogP contribution in [-0.2, 0) is 14.5 Å². The summed E-state index contributed by atoms with van der Waals surface area (Å²) in [5.74, 6) is 1.39. The van der Waals surface area contributed by atoms with Crippen molar-refractivity contribution in [2.45, 2.75) is 13.0 Å². The van der Waals surface area contributed by atoms with E-state index in [1.54, 1.807) is 47.7 Å². The normalized spacial score (nSPS) is 17.3. The van der Waals surface area contributed by atoms with Crippen LogP contribution in [0.5, 0.6) is 0 Å². The third-order valence-electron chi connectivity index (χ3n) is 4.55. The van der Waals surface area contributed by atoms with E-state index in [9.17, 15) is 9.47 Å². The minimum absolute atomic E-state index is 0.136. The predicted octanol–water partition coefficient (Wildman–Crippen LogP) is 2.27. The molecule has 1 atom stereocenters. The highest BCUT2D eigenvalue weighted by Crippen LogP contribution is 2.26. The van der Waals surface area contributed by atoms with Gasteiger partial charge in [-0.3, -0.25) is 4.57 Å². The second kappa shape index (κ2) is 7.42.